The molecule has 0 aliphatic heterocycles. The molecule has 0 saturated carbocycles. The second kappa shape index (κ2) is 4.16. The molecule has 0 aromatic heterocycles. The van der Waals surface area contributed by atoms with E-state index in [9.17, 15) is 22.0 Å². The summed E-state index contributed by atoms with van der Waals surface area (Å²) in [5.74, 6) is -9.68. The molecular formula is C8H5F5S. The van der Waals surface area contributed by atoms with Crippen molar-refractivity contribution in [2.24, 2.45) is 0 Å². The molecule has 14 heavy (non-hydrogen) atoms. The molecule has 0 saturated heterocycles. The Bertz CT molecular complexity index is 334. The second-order valence-corrected chi connectivity index (χ2v) is 3.35. The molecule has 0 spiro atoms. The summed E-state index contributed by atoms with van der Waals surface area (Å²) >= 11 is 0.971. The van der Waals surface area contributed by atoms with Crippen LogP contribution in [0.3, 0.4) is 0 Å². The van der Waals surface area contributed by atoms with Gasteiger partial charge in [0.25, 0.3) is 0 Å². The topological polar surface area (TPSA) is 0 Å². The van der Waals surface area contributed by atoms with E-state index in [2.05, 4.69) is 0 Å². The van der Waals surface area contributed by atoms with Crippen molar-refractivity contribution in [2.75, 3.05) is 6.26 Å². The maximum atomic E-state index is 12.9. The zero-order valence-corrected chi connectivity index (χ0v) is 7.82. The fraction of sp³-hybridized carbons (Fsp3) is 0.250. The third-order valence-electron chi connectivity index (χ3n) is 1.59. The van der Waals surface area contributed by atoms with Crippen LogP contribution in [-0.4, -0.2) is 6.26 Å². The van der Waals surface area contributed by atoms with Gasteiger partial charge >= 0.3 is 0 Å². The fourth-order valence-electron chi connectivity index (χ4n) is 0.921. The highest BCUT2D eigenvalue weighted by Crippen LogP contribution is 2.25. The number of thioether (sulfide) groups is 1. The SMILES string of the molecule is CSCc1c(F)c(F)c(F)c(F)c1F. The third-order valence-corrected chi connectivity index (χ3v) is 2.17. The van der Waals surface area contributed by atoms with E-state index in [1.54, 1.807) is 0 Å². The molecule has 0 radical (unpaired) electrons. The van der Waals surface area contributed by atoms with E-state index < -0.39 is 34.6 Å². The molecule has 1 aromatic carbocycles. The largest absolute Gasteiger partial charge is 0.203 e. The van der Waals surface area contributed by atoms with Gasteiger partial charge in [0.2, 0.25) is 5.82 Å². The fourth-order valence-corrected chi connectivity index (χ4v) is 1.46. The smallest absolute Gasteiger partial charge is 0.200 e. The van der Waals surface area contributed by atoms with Crippen molar-refractivity contribution in [3.63, 3.8) is 0 Å². The van der Waals surface area contributed by atoms with Gasteiger partial charge in [0.15, 0.2) is 23.3 Å². The minimum absolute atomic E-state index is 0.258. The summed E-state index contributed by atoms with van der Waals surface area (Å²) in [6.07, 6.45) is 1.50. The van der Waals surface area contributed by atoms with Crippen molar-refractivity contribution in [3.05, 3.63) is 34.6 Å². The maximum absolute atomic E-state index is 12.9. The zero-order chi connectivity index (χ0) is 10.9. The predicted molar refractivity (Wildman–Crippen MR) is 43.5 cm³/mol. The van der Waals surface area contributed by atoms with Crippen LogP contribution in [0, 0.1) is 29.1 Å². The van der Waals surface area contributed by atoms with Gasteiger partial charge in [-0.25, -0.2) is 22.0 Å². The summed E-state index contributed by atoms with van der Waals surface area (Å²) in [7, 11) is 0. The standard InChI is InChI=1S/C8H5F5S/c1-14-2-3-4(9)6(11)8(13)7(12)5(3)10/h2H2,1H3. The molecule has 0 heterocycles. The van der Waals surface area contributed by atoms with E-state index in [1.807, 2.05) is 0 Å². The van der Waals surface area contributed by atoms with Crippen LogP contribution in [0.25, 0.3) is 0 Å². The lowest BCUT2D eigenvalue weighted by atomic mass is 10.2. The maximum Gasteiger partial charge on any atom is 0.200 e. The molecule has 0 bridgehead atoms. The van der Waals surface area contributed by atoms with Crippen LogP contribution < -0.4 is 0 Å². The van der Waals surface area contributed by atoms with E-state index in [-0.39, 0.29) is 5.75 Å². The van der Waals surface area contributed by atoms with Crippen LogP contribution >= 0.6 is 11.8 Å². The van der Waals surface area contributed by atoms with Gasteiger partial charge in [-0.2, -0.15) is 11.8 Å². The van der Waals surface area contributed by atoms with Crippen LogP contribution in [0.4, 0.5) is 22.0 Å². The third kappa shape index (κ3) is 1.70. The molecule has 0 unspecified atom stereocenters. The quantitative estimate of drug-likeness (QED) is 0.425. The highest BCUT2D eigenvalue weighted by atomic mass is 32.2. The molecule has 0 amide bonds. The van der Waals surface area contributed by atoms with Crippen molar-refractivity contribution in [1.82, 2.24) is 0 Å². The number of hydrogen-bond acceptors (Lipinski definition) is 1. The van der Waals surface area contributed by atoms with Gasteiger partial charge in [-0.3, -0.25) is 0 Å². The number of hydrogen-bond donors (Lipinski definition) is 0. The van der Waals surface area contributed by atoms with Crippen LogP contribution in [-0.2, 0) is 5.75 Å². The van der Waals surface area contributed by atoms with Crippen molar-refractivity contribution < 1.29 is 22.0 Å². The summed E-state index contributed by atoms with van der Waals surface area (Å²) < 4.78 is 63.3. The van der Waals surface area contributed by atoms with Gasteiger partial charge in [0.05, 0.1) is 0 Å². The highest BCUT2D eigenvalue weighted by molar-refractivity contribution is 7.97. The summed E-state index contributed by atoms with van der Waals surface area (Å²) in [4.78, 5) is 0. The lowest BCUT2D eigenvalue weighted by Crippen LogP contribution is -2.05. The molecule has 1 aromatic rings. The average Bonchev–Trinajstić information content (AvgIpc) is 2.19. The van der Waals surface area contributed by atoms with Crippen LogP contribution in [0.5, 0.6) is 0 Å². The first kappa shape index (κ1) is 11.3. The summed E-state index contributed by atoms with van der Waals surface area (Å²) in [6.45, 7) is 0. The van der Waals surface area contributed by atoms with Crippen LogP contribution in [0.15, 0.2) is 0 Å². The molecule has 0 nitrogen and oxygen atoms in total. The number of rotatable bonds is 2. The van der Waals surface area contributed by atoms with Crippen molar-refractivity contribution in [2.45, 2.75) is 5.75 Å². The first-order valence-electron chi connectivity index (χ1n) is 3.50. The molecule has 0 N–H and O–H groups in total. The number of benzene rings is 1. The van der Waals surface area contributed by atoms with Crippen molar-refractivity contribution >= 4 is 11.8 Å². The Kier molecular flexibility index (Phi) is 3.36. The molecule has 78 valence electrons. The minimum atomic E-state index is -2.12. The first-order chi connectivity index (χ1) is 6.50. The van der Waals surface area contributed by atoms with Gasteiger partial charge in [-0.1, -0.05) is 0 Å². The van der Waals surface area contributed by atoms with Gasteiger partial charge in [0, 0.05) is 11.3 Å². The van der Waals surface area contributed by atoms with Gasteiger partial charge in [-0.15, -0.1) is 0 Å². The Labute approximate surface area is 81.1 Å². The molecule has 1 rings (SSSR count). The van der Waals surface area contributed by atoms with Crippen LogP contribution in [0.2, 0.25) is 0 Å². The van der Waals surface area contributed by atoms with Gasteiger partial charge in [0.1, 0.15) is 0 Å². The molecular weight excluding hydrogens is 223 g/mol. The minimum Gasteiger partial charge on any atom is -0.203 e. The van der Waals surface area contributed by atoms with Crippen molar-refractivity contribution in [1.29, 1.82) is 0 Å². The Hall–Kier alpha value is -0.780. The van der Waals surface area contributed by atoms with Gasteiger partial charge in [-0.05, 0) is 6.26 Å². The summed E-state index contributed by atoms with van der Waals surface area (Å²) in [5, 5.41) is 0. The Morgan fingerprint density at radius 2 is 1.14 bits per heavy atom. The highest BCUT2D eigenvalue weighted by Gasteiger charge is 2.24. The molecule has 0 aliphatic rings. The molecule has 0 aliphatic carbocycles. The Balaban J connectivity index is 3.43. The van der Waals surface area contributed by atoms with Crippen molar-refractivity contribution in [3.8, 4) is 0 Å². The van der Waals surface area contributed by atoms with Crippen LogP contribution in [0.1, 0.15) is 5.56 Å². The predicted octanol–water partition coefficient (Wildman–Crippen LogP) is 3.25. The molecule has 0 fully saturated rings. The van der Waals surface area contributed by atoms with E-state index in [0.29, 0.717) is 0 Å². The second-order valence-electron chi connectivity index (χ2n) is 2.48. The Morgan fingerprint density at radius 1 is 0.786 bits per heavy atom. The lowest BCUT2D eigenvalue weighted by molar-refractivity contribution is 0.372. The molecule has 0 atom stereocenters. The lowest BCUT2D eigenvalue weighted by Gasteiger charge is -2.06. The van der Waals surface area contributed by atoms with E-state index in [4.69, 9.17) is 0 Å². The summed E-state index contributed by atoms with van der Waals surface area (Å²) in [5.41, 5.74) is -0.783. The molecule has 6 heteroatoms. The number of halogens is 5. The van der Waals surface area contributed by atoms with Gasteiger partial charge < -0.3 is 0 Å². The average molecular weight is 228 g/mol. The van der Waals surface area contributed by atoms with E-state index >= 15 is 0 Å². The van der Waals surface area contributed by atoms with E-state index in [0.717, 1.165) is 11.8 Å². The van der Waals surface area contributed by atoms with E-state index in [1.165, 1.54) is 6.26 Å². The first-order valence-corrected chi connectivity index (χ1v) is 4.89. The normalized spacial score (nSPS) is 10.7. The summed E-state index contributed by atoms with van der Waals surface area (Å²) in [6, 6.07) is 0. The zero-order valence-electron chi connectivity index (χ0n) is 7.01. The Morgan fingerprint density at radius 3 is 1.50 bits per heavy atom. The monoisotopic (exact) mass is 228 g/mol.